The fourth-order valence-corrected chi connectivity index (χ4v) is 4.68. The van der Waals surface area contributed by atoms with Crippen LogP contribution < -0.4 is 15.8 Å². The van der Waals surface area contributed by atoms with Gasteiger partial charge in [0.2, 0.25) is 11.9 Å². The number of aromatic hydroxyl groups is 1. The van der Waals surface area contributed by atoms with Crippen molar-refractivity contribution in [3.8, 4) is 11.8 Å². The van der Waals surface area contributed by atoms with Crippen molar-refractivity contribution in [3.05, 3.63) is 57.9 Å². The van der Waals surface area contributed by atoms with Gasteiger partial charge in [0.05, 0.1) is 11.6 Å². The van der Waals surface area contributed by atoms with Crippen LogP contribution in [-0.2, 0) is 4.79 Å². The van der Waals surface area contributed by atoms with Crippen LogP contribution in [0, 0.1) is 17.2 Å². The van der Waals surface area contributed by atoms with Gasteiger partial charge in [0.1, 0.15) is 17.5 Å². The molecule has 1 fully saturated rings. The zero-order valence-corrected chi connectivity index (χ0v) is 16.8. The van der Waals surface area contributed by atoms with E-state index in [0.717, 1.165) is 37.7 Å². The SMILES string of the molecule is N#CC1C(=O)Nc2nc(N3CCCCC3)[nH]c(=O)c2C1c1c(O)ccc2ccccc12. The summed E-state index contributed by atoms with van der Waals surface area (Å²) >= 11 is 0. The fourth-order valence-electron chi connectivity index (χ4n) is 4.68. The number of amides is 1. The van der Waals surface area contributed by atoms with E-state index < -0.39 is 23.3 Å². The number of hydrogen-bond donors (Lipinski definition) is 3. The van der Waals surface area contributed by atoms with Gasteiger partial charge in [0.15, 0.2) is 0 Å². The number of nitrogens with one attached hydrogen (secondary N) is 2. The van der Waals surface area contributed by atoms with Crippen molar-refractivity contribution >= 4 is 28.4 Å². The van der Waals surface area contributed by atoms with Gasteiger partial charge in [0.25, 0.3) is 5.56 Å². The first-order valence-corrected chi connectivity index (χ1v) is 10.4. The predicted octanol–water partition coefficient (Wildman–Crippen LogP) is 2.84. The lowest BCUT2D eigenvalue weighted by Crippen LogP contribution is -2.40. The Morgan fingerprint density at radius 2 is 1.84 bits per heavy atom. The van der Waals surface area contributed by atoms with Gasteiger partial charge >= 0.3 is 0 Å². The lowest BCUT2D eigenvalue weighted by Gasteiger charge is -2.32. The highest BCUT2D eigenvalue weighted by molar-refractivity contribution is 5.99. The average molecular weight is 415 g/mol. The van der Waals surface area contributed by atoms with E-state index in [-0.39, 0.29) is 17.1 Å². The summed E-state index contributed by atoms with van der Waals surface area (Å²) in [6.45, 7) is 1.56. The molecule has 1 saturated heterocycles. The Labute approximate surface area is 178 Å². The predicted molar refractivity (Wildman–Crippen MR) is 116 cm³/mol. The Morgan fingerprint density at radius 1 is 1.06 bits per heavy atom. The molecular formula is C23H21N5O3. The van der Waals surface area contributed by atoms with Crippen molar-refractivity contribution in [3.63, 3.8) is 0 Å². The fraction of sp³-hybridized carbons (Fsp3) is 0.304. The van der Waals surface area contributed by atoms with Crippen LogP contribution in [-0.4, -0.2) is 34.1 Å². The Morgan fingerprint density at radius 3 is 2.61 bits per heavy atom. The van der Waals surface area contributed by atoms with Crippen LogP contribution in [0.2, 0.25) is 0 Å². The highest BCUT2D eigenvalue weighted by Gasteiger charge is 2.42. The van der Waals surface area contributed by atoms with E-state index in [1.165, 1.54) is 6.07 Å². The molecule has 2 aliphatic heterocycles. The van der Waals surface area contributed by atoms with E-state index >= 15 is 0 Å². The Hall–Kier alpha value is -3.86. The molecule has 2 aromatic carbocycles. The second-order valence-corrected chi connectivity index (χ2v) is 7.99. The van der Waals surface area contributed by atoms with Crippen molar-refractivity contribution in [2.24, 2.45) is 5.92 Å². The van der Waals surface area contributed by atoms with Crippen molar-refractivity contribution in [2.75, 3.05) is 23.3 Å². The molecule has 8 heteroatoms. The molecule has 3 N–H and O–H groups in total. The Bertz CT molecular complexity index is 1290. The topological polar surface area (TPSA) is 122 Å². The third-order valence-electron chi connectivity index (χ3n) is 6.16. The number of nitrogens with zero attached hydrogens (tertiary/aromatic N) is 3. The second kappa shape index (κ2) is 7.43. The summed E-state index contributed by atoms with van der Waals surface area (Å²) in [6, 6.07) is 12.7. The molecule has 8 nitrogen and oxygen atoms in total. The number of aromatic nitrogens is 2. The van der Waals surface area contributed by atoms with Crippen LogP contribution in [0.1, 0.15) is 36.3 Å². The molecule has 3 heterocycles. The van der Waals surface area contributed by atoms with E-state index in [2.05, 4.69) is 15.3 Å². The van der Waals surface area contributed by atoms with Gasteiger partial charge in [-0.15, -0.1) is 0 Å². The van der Waals surface area contributed by atoms with Gasteiger partial charge in [-0.1, -0.05) is 30.3 Å². The van der Waals surface area contributed by atoms with Crippen LogP contribution in [0.5, 0.6) is 5.75 Å². The van der Waals surface area contributed by atoms with Crippen LogP contribution in [0.25, 0.3) is 10.8 Å². The maximum atomic E-state index is 13.3. The van der Waals surface area contributed by atoms with Crippen LogP contribution >= 0.6 is 0 Å². The molecule has 0 radical (unpaired) electrons. The van der Waals surface area contributed by atoms with Gasteiger partial charge < -0.3 is 15.3 Å². The van der Waals surface area contributed by atoms with Crippen LogP contribution in [0.4, 0.5) is 11.8 Å². The Kier molecular flexibility index (Phi) is 4.59. The minimum Gasteiger partial charge on any atom is -0.508 e. The van der Waals surface area contributed by atoms with Crippen molar-refractivity contribution in [2.45, 2.75) is 25.2 Å². The number of carbonyl (C=O) groups is 1. The van der Waals surface area contributed by atoms with E-state index in [0.29, 0.717) is 16.9 Å². The lowest BCUT2D eigenvalue weighted by molar-refractivity contribution is -0.119. The van der Waals surface area contributed by atoms with E-state index in [1.54, 1.807) is 6.07 Å². The van der Waals surface area contributed by atoms with Crippen LogP contribution in [0.3, 0.4) is 0 Å². The number of benzene rings is 2. The van der Waals surface area contributed by atoms with Crippen molar-refractivity contribution in [1.82, 2.24) is 9.97 Å². The number of piperidine rings is 1. The number of aromatic amines is 1. The van der Waals surface area contributed by atoms with Gasteiger partial charge in [-0.2, -0.15) is 10.2 Å². The zero-order chi connectivity index (χ0) is 21.5. The summed E-state index contributed by atoms with van der Waals surface area (Å²) < 4.78 is 0. The highest BCUT2D eigenvalue weighted by atomic mass is 16.3. The average Bonchev–Trinajstić information content (AvgIpc) is 2.79. The molecule has 31 heavy (non-hydrogen) atoms. The summed E-state index contributed by atoms with van der Waals surface area (Å²) in [7, 11) is 0. The minimum atomic E-state index is -1.17. The Balaban J connectivity index is 1.74. The molecule has 1 amide bonds. The molecule has 2 aliphatic rings. The third kappa shape index (κ3) is 3.10. The molecular weight excluding hydrogens is 394 g/mol. The summed E-state index contributed by atoms with van der Waals surface area (Å²) in [5, 5.41) is 24.7. The molecule has 0 bridgehead atoms. The number of rotatable bonds is 2. The monoisotopic (exact) mass is 415 g/mol. The molecule has 0 saturated carbocycles. The number of nitriles is 1. The highest BCUT2D eigenvalue weighted by Crippen LogP contribution is 2.44. The van der Waals surface area contributed by atoms with E-state index in [1.807, 2.05) is 35.2 Å². The first-order valence-electron chi connectivity index (χ1n) is 10.4. The van der Waals surface area contributed by atoms with Gasteiger partial charge in [-0.05, 0) is 36.1 Å². The molecule has 2 unspecified atom stereocenters. The van der Waals surface area contributed by atoms with Crippen molar-refractivity contribution in [1.29, 1.82) is 5.26 Å². The van der Waals surface area contributed by atoms with Crippen LogP contribution in [0.15, 0.2) is 41.2 Å². The quantitative estimate of drug-likeness (QED) is 0.592. The maximum Gasteiger partial charge on any atom is 0.258 e. The number of phenolic OH excluding ortho intramolecular Hbond substituents is 1. The number of phenols is 1. The number of H-pyrrole nitrogens is 1. The molecule has 5 rings (SSSR count). The van der Waals surface area contributed by atoms with E-state index in [4.69, 9.17) is 0 Å². The normalized spacial score (nSPS) is 20.7. The lowest BCUT2D eigenvalue weighted by atomic mass is 9.77. The summed E-state index contributed by atoms with van der Waals surface area (Å²) in [4.78, 5) is 35.5. The molecule has 3 aromatic rings. The number of anilines is 2. The summed E-state index contributed by atoms with van der Waals surface area (Å²) in [5.41, 5.74) is 0.167. The molecule has 0 aliphatic carbocycles. The first-order chi connectivity index (χ1) is 15.1. The van der Waals surface area contributed by atoms with Gasteiger partial charge in [-0.3, -0.25) is 14.6 Å². The van der Waals surface area contributed by atoms with Crippen molar-refractivity contribution < 1.29 is 9.90 Å². The smallest absolute Gasteiger partial charge is 0.258 e. The number of hydrogen-bond acceptors (Lipinski definition) is 6. The minimum absolute atomic E-state index is 0.0656. The molecule has 2 atom stereocenters. The summed E-state index contributed by atoms with van der Waals surface area (Å²) in [5.74, 6) is -2.14. The second-order valence-electron chi connectivity index (χ2n) is 7.99. The number of carbonyl (C=O) groups excluding carboxylic acids is 1. The zero-order valence-electron chi connectivity index (χ0n) is 16.8. The molecule has 0 spiro atoms. The summed E-state index contributed by atoms with van der Waals surface area (Å²) in [6.07, 6.45) is 3.15. The maximum absolute atomic E-state index is 13.3. The first kappa shape index (κ1) is 19.1. The number of fused-ring (bicyclic) bond motifs is 2. The standard InChI is InChI=1S/C23H21N5O3/c24-12-15-18(17-14-7-3-2-6-13(14)8-9-16(17)29)19-20(25-21(15)30)26-23(27-22(19)31)28-10-4-1-5-11-28/h2-3,6-9,15,18,29H,1,4-5,10-11H2,(H2,25,26,27,30,31). The van der Waals surface area contributed by atoms with E-state index in [9.17, 15) is 20.0 Å². The van der Waals surface area contributed by atoms with Gasteiger partial charge in [0, 0.05) is 24.6 Å². The largest absolute Gasteiger partial charge is 0.508 e. The third-order valence-corrected chi connectivity index (χ3v) is 6.16. The van der Waals surface area contributed by atoms with Gasteiger partial charge in [-0.25, -0.2) is 0 Å². The molecule has 1 aromatic heterocycles. The molecule has 156 valence electrons.